The molecule has 1 aromatic rings. The fourth-order valence-electron chi connectivity index (χ4n) is 4.62. The van der Waals surface area contributed by atoms with Gasteiger partial charge in [-0.15, -0.1) is 0 Å². The quantitative estimate of drug-likeness (QED) is 0.819. The Morgan fingerprint density at radius 3 is 2.20 bits per heavy atom. The summed E-state index contributed by atoms with van der Waals surface area (Å²) in [7, 11) is 0. The van der Waals surface area contributed by atoms with Crippen molar-refractivity contribution >= 4 is 5.91 Å². The van der Waals surface area contributed by atoms with E-state index in [2.05, 4.69) is 10.6 Å². The van der Waals surface area contributed by atoms with Crippen LogP contribution in [0.5, 0.6) is 0 Å². The van der Waals surface area contributed by atoms with E-state index in [-0.39, 0.29) is 5.91 Å². The Balaban J connectivity index is 1.44. The largest absolute Gasteiger partial charge is 0.381 e. The second-order valence-corrected chi connectivity index (χ2v) is 7.80. The summed E-state index contributed by atoms with van der Waals surface area (Å²) >= 11 is 0. The molecule has 0 aromatic heterocycles. The van der Waals surface area contributed by atoms with E-state index in [0.29, 0.717) is 17.5 Å². The lowest BCUT2D eigenvalue weighted by Crippen LogP contribution is -2.65. The number of hydrogen-bond donors (Lipinski definition) is 2. The monoisotopic (exact) mass is 350 g/mol. The molecule has 1 aliphatic carbocycles. The maximum Gasteiger partial charge on any atom is 0.240 e. The lowest BCUT2D eigenvalue weighted by atomic mass is 9.63. The van der Waals surface area contributed by atoms with Crippen molar-refractivity contribution < 1.29 is 18.3 Å². The summed E-state index contributed by atoms with van der Waals surface area (Å²) in [6.07, 6.45) is 5.82. The Kier molecular flexibility index (Phi) is 4.28. The molecule has 3 fully saturated rings. The summed E-state index contributed by atoms with van der Waals surface area (Å²) in [6, 6.07) is 3.01. The van der Waals surface area contributed by atoms with Crippen molar-refractivity contribution in [2.24, 2.45) is 5.41 Å². The number of piperazine rings is 1. The first-order valence-corrected chi connectivity index (χ1v) is 9.10. The number of nitrogens with one attached hydrogen (secondary N) is 2. The zero-order valence-electron chi connectivity index (χ0n) is 14.2. The molecule has 6 heteroatoms. The molecule has 25 heavy (non-hydrogen) atoms. The van der Waals surface area contributed by atoms with Crippen molar-refractivity contribution in [1.29, 1.82) is 0 Å². The predicted octanol–water partition coefficient (Wildman–Crippen LogP) is 2.83. The minimum absolute atomic E-state index is 0.0460. The second kappa shape index (κ2) is 6.32. The van der Waals surface area contributed by atoms with Crippen LogP contribution in [0.1, 0.15) is 50.1 Å². The summed E-state index contributed by atoms with van der Waals surface area (Å²) in [5, 5.41) is 6.39. The molecule has 1 unspecified atom stereocenters. The number of halogens is 2. The highest BCUT2D eigenvalue weighted by Crippen LogP contribution is 2.48. The van der Waals surface area contributed by atoms with Gasteiger partial charge in [-0.2, -0.15) is 0 Å². The Morgan fingerprint density at radius 2 is 1.60 bits per heavy atom. The summed E-state index contributed by atoms with van der Waals surface area (Å²) in [5.74, 6) is -1.29. The standard InChI is InChI=1S/C19H24F2N2O2/c20-14-9-13(10-15(21)11-14)16-12-22-19(17(24)23-16)3-1-18(2-4-19)5-7-25-8-6-18/h9-11,16,22H,1-8,12H2,(H,23,24). The van der Waals surface area contributed by atoms with Crippen molar-refractivity contribution in [1.82, 2.24) is 10.6 Å². The summed E-state index contributed by atoms with van der Waals surface area (Å²) < 4.78 is 32.4. The molecule has 1 aromatic carbocycles. The first-order valence-electron chi connectivity index (χ1n) is 9.10. The molecule has 2 aliphatic heterocycles. The highest BCUT2D eigenvalue weighted by molar-refractivity contribution is 5.87. The van der Waals surface area contributed by atoms with E-state index >= 15 is 0 Å². The lowest BCUT2D eigenvalue weighted by Gasteiger charge is -2.50. The Morgan fingerprint density at radius 1 is 0.960 bits per heavy atom. The van der Waals surface area contributed by atoms with Crippen LogP contribution in [0, 0.1) is 17.0 Å². The van der Waals surface area contributed by atoms with Gasteiger partial charge >= 0.3 is 0 Å². The van der Waals surface area contributed by atoms with E-state index in [0.717, 1.165) is 57.8 Å². The number of ether oxygens (including phenoxy) is 1. The molecule has 4 nitrogen and oxygen atoms in total. The maximum absolute atomic E-state index is 13.4. The van der Waals surface area contributed by atoms with Crippen LogP contribution in [0.3, 0.4) is 0 Å². The highest BCUT2D eigenvalue weighted by atomic mass is 19.1. The molecule has 1 atom stereocenters. The molecule has 2 saturated heterocycles. The molecule has 0 radical (unpaired) electrons. The SMILES string of the molecule is O=C1NC(c2cc(F)cc(F)c2)CNC12CCC1(CCOCC1)CC2. The van der Waals surface area contributed by atoms with Crippen molar-refractivity contribution in [2.45, 2.75) is 50.1 Å². The van der Waals surface area contributed by atoms with Gasteiger partial charge in [-0.3, -0.25) is 4.79 Å². The number of rotatable bonds is 1. The van der Waals surface area contributed by atoms with E-state index in [1.54, 1.807) is 0 Å². The Hall–Kier alpha value is -1.53. The van der Waals surface area contributed by atoms with Crippen LogP contribution in [-0.2, 0) is 9.53 Å². The fraction of sp³-hybridized carbons (Fsp3) is 0.632. The summed E-state index contributed by atoms with van der Waals surface area (Å²) in [6.45, 7) is 2.13. The predicted molar refractivity (Wildman–Crippen MR) is 88.9 cm³/mol. The third-order valence-corrected chi connectivity index (χ3v) is 6.39. The van der Waals surface area contributed by atoms with Crippen LogP contribution >= 0.6 is 0 Å². The van der Waals surface area contributed by atoms with Gasteiger partial charge in [0.15, 0.2) is 0 Å². The normalized spacial score (nSPS) is 28.1. The van der Waals surface area contributed by atoms with Crippen LogP contribution in [-0.4, -0.2) is 31.2 Å². The molecule has 4 rings (SSSR count). The van der Waals surface area contributed by atoms with E-state index in [9.17, 15) is 13.6 Å². The molecule has 136 valence electrons. The van der Waals surface area contributed by atoms with Crippen LogP contribution < -0.4 is 10.6 Å². The molecule has 2 spiro atoms. The number of carbonyl (C=O) groups excluding carboxylic acids is 1. The molecule has 2 N–H and O–H groups in total. The minimum atomic E-state index is -0.622. The minimum Gasteiger partial charge on any atom is -0.381 e. The third kappa shape index (κ3) is 3.17. The van der Waals surface area contributed by atoms with Gasteiger partial charge in [-0.05, 0) is 61.6 Å². The first-order chi connectivity index (χ1) is 12.0. The molecular formula is C19H24F2N2O2. The Labute approximate surface area is 146 Å². The smallest absolute Gasteiger partial charge is 0.240 e. The number of hydrogen-bond acceptors (Lipinski definition) is 3. The van der Waals surface area contributed by atoms with Crippen LogP contribution in [0.2, 0.25) is 0 Å². The van der Waals surface area contributed by atoms with Crippen LogP contribution in [0.15, 0.2) is 18.2 Å². The van der Waals surface area contributed by atoms with Crippen molar-refractivity contribution in [3.8, 4) is 0 Å². The number of amides is 1. The maximum atomic E-state index is 13.4. The van der Waals surface area contributed by atoms with E-state index in [4.69, 9.17) is 4.74 Å². The summed E-state index contributed by atoms with van der Waals surface area (Å²) in [4.78, 5) is 12.8. The van der Waals surface area contributed by atoms with E-state index in [1.165, 1.54) is 12.1 Å². The molecule has 3 aliphatic rings. The van der Waals surface area contributed by atoms with Gasteiger partial charge in [0.1, 0.15) is 11.6 Å². The average Bonchev–Trinajstić information content (AvgIpc) is 2.60. The Bertz CT molecular complexity index is 643. The molecule has 1 amide bonds. The van der Waals surface area contributed by atoms with Crippen LogP contribution in [0.25, 0.3) is 0 Å². The fourth-order valence-corrected chi connectivity index (χ4v) is 4.62. The van der Waals surface area contributed by atoms with Crippen LogP contribution in [0.4, 0.5) is 8.78 Å². The van der Waals surface area contributed by atoms with Gasteiger partial charge in [0.2, 0.25) is 5.91 Å². The van der Waals surface area contributed by atoms with Gasteiger partial charge in [-0.1, -0.05) is 0 Å². The molecule has 1 saturated carbocycles. The zero-order valence-corrected chi connectivity index (χ0v) is 14.2. The lowest BCUT2D eigenvalue weighted by molar-refractivity contribution is -0.134. The second-order valence-electron chi connectivity index (χ2n) is 7.80. The molecule has 0 bridgehead atoms. The summed E-state index contributed by atoms with van der Waals surface area (Å²) in [5.41, 5.74) is 0.254. The van der Waals surface area contributed by atoms with Gasteiger partial charge in [0, 0.05) is 25.8 Å². The van der Waals surface area contributed by atoms with E-state index in [1.807, 2.05) is 0 Å². The molecule has 2 heterocycles. The van der Waals surface area contributed by atoms with Crippen molar-refractivity contribution in [2.75, 3.05) is 19.8 Å². The van der Waals surface area contributed by atoms with E-state index < -0.39 is 23.2 Å². The number of benzene rings is 1. The van der Waals surface area contributed by atoms with Gasteiger partial charge < -0.3 is 15.4 Å². The number of carbonyl (C=O) groups is 1. The molecular weight excluding hydrogens is 326 g/mol. The van der Waals surface area contributed by atoms with Gasteiger partial charge in [0.25, 0.3) is 0 Å². The van der Waals surface area contributed by atoms with Gasteiger partial charge in [0.05, 0.1) is 11.6 Å². The van der Waals surface area contributed by atoms with Crippen molar-refractivity contribution in [3.63, 3.8) is 0 Å². The van der Waals surface area contributed by atoms with Gasteiger partial charge in [-0.25, -0.2) is 8.78 Å². The first kappa shape index (κ1) is 16.9. The topological polar surface area (TPSA) is 50.4 Å². The average molecular weight is 350 g/mol. The zero-order chi connectivity index (χ0) is 17.5. The van der Waals surface area contributed by atoms with Crippen molar-refractivity contribution in [3.05, 3.63) is 35.4 Å². The third-order valence-electron chi connectivity index (χ3n) is 6.39. The highest BCUT2D eigenvalue weighted by Gasteiger charge is 2.49.